The van der Waals surface area contributed by atoms with Gasteiger partial charge in [0.25, 0.3) is 0 Å². The number of aromatic amines is 1. The molecule has 7 rings (SSSR count). The molecular weight excluding hydrogens is 596 g/mol. The zero-order chi connectivity index (χ0) is 32.2. The molecule has 5 aromatic rings. The molecule has 0 bridgehead atoms. The lowest BCUT2D eigenvalue weighted by atomic mass is 10.1. The highest BCUT2D eigenvalue weighted by Crippen LogP contribution is 2.48. The van der Waals surface area contributed by atoms with Crippen molar-refractivity contribution in [3.05, 3.63) is 66.8 Å². The minimum absolute atomic E-state index is 0.351. The van der Waals surface area contributed by atoms with Crippen LogP contribution < -0.4 is 5.32 Å². The Hall–Kier alpha value is -5.04. The molecule has 2 fully saturated rings. The van der Waals surface area contributed by atoms with Crippen LogP contribution in [0.15, 0.2) is 55.5 Å². The molecule has 1 saturated heterocycles. The fourth-order valence-electron chi connectivity index (χ4n) is 6.27. The zero-order valence-electron chi connectivity index (χ0n) is 26.3. The van der Waals surface area contributed by atoms with Gasteiger partial charge in [0, 0.05) is 74.1 Å². The molecule has 3 N–H and O–H groups in total. The fourth-order valence-corrected chi connectivity index (χ4v) is 6.27. The Kier molecular flexibility index (Phi) is 8.96. The SMILES string of the molecule is CN(CCn1cnc(-c2cc(C(O)NC#N)ccn2)c1)CC1CC1c1cc(-c2nn[nH]n2)cc(-c2cn(CCN3CCCC3)cn2)n1. The maximum atomic E-state index is 10.1. The summed E-state index contributed by atoms with van der Waals surface area (Å²) >= 11 is 0. The average Bonchev–Trinajstić information content (AvgIpc) is 3.72. The number of imidazole rings is 2. The van der Waals surface area contributed by atoms with Crippen molar-refractivity contribution in [2.45, 2.75) is 44.5 Å². The number of pyridine rings is 2. The van der Waals surface area contributed by atoms with Crippen molar-refractivity contribution in [1.82, 2.24) is 64.8 Å². The molecule has 2 aliphatic rings. The van der Waals surface area contributed by atoms with Crippen molar-refractivity contribution in [3.8, 4) is 40.4 Å². The van der Waals surface area contributed by atoms with Gasteiger partial charge in [-0.1, -0.05) is 0 Å². The van der Waals surface area contributed by atoms with Gasteiger partial charge in [-0.25, -0.2) is 9.97 Å². The minimum atomic E-state index is -1.08. The van der Waals surface area contributed by atoms with E-state index in [0.29, 0.717) is 34.6 Å². The van der Waals surface area contributed by atoms with Gasteiger partial charge >= 0.3 is 0 Å². The number of hydrogen-bond acceptors (Lipinski definition) is 12. The number of tetrazole rings is 1. The number of H-pyrrole nitrogens is 1. The van der Waals surface area contributed by atoms with E-state index < -0.39 is 6.23 Å². The highest BCUT2D eigenvalue weighted by Gasteiger charge is 2.40. The van der Waals surface area contributed by atoms with Crippen molar-refractivity contribution in [2.24, 2.45) is 5.92 Å². The fraction of sp³-hybridized carbons (Fsp3) is 0.438. The summed E-state index contributed by atoms with van der Waals surface area (Å²) in [5, 5.41) is 36.0. The second kappa shape index (κ2) is 13.8. The molecule has 6 heterocycles. The summed E-state index contributed by atoms with van der Waals surface area (Å²) < 4.78 is 4.20. The van der Waals surface area contributed by atoms with Crippen LogP contribution in [-0.2, 0) is 13.1 Å². The van der Waals surface area contributed by atoms with Gasteiger partial charge in [-0.3, -0.25) is 15.3 Å². The van der Waals surface area contributed by atoms with E-state index in [1.165, 1.54) is 25.9 Å². The summed E-state index contributed by atoms with van der Waals surface area (Å²) in [6.45, 7) is 6.90. The standard InChI is InChI=1S/C32H38N14O/c1-43(8-9-45-17-29(36-20-45)27-13-22(4-5-34-27)32(47)35-19-33)16-24-12-25(24)26-14-23(31-39-41-42-40-31)15-28(38-26)30-18-46(21-37-30)11-10-44-6-2-3-7-44/h4-5,13-15,17-18,20-21,24-25,32,35,47H,2-3,6-12,16H2,1H3,(H,39,40,41,42). The Labute approximate surface area is 272 Å². The molecule has 0 radical (unpaired) electrons. The summed E-state index contributed by atoms with van der Waals surface area (Å²) in [5.41, 5.74) is 5.50. The Bertz CT molecular complexity index is 1820. The number of hydrogen-bond donors (Lipinski definition) is 3. The van der Waals surface area contributed by atoms with E-state index in [2.05, 4.69) is 69.6 Å². The number of aromatic nitrogens is 10. The van der Waals surface area contributed by atoms with Gasteiger partial charge in [0.2, 0.25) is 5.82 Å². The predicted molar refractivity (Wildman–Crippen MR) is 172 cm³/mol. The molecule has 5 aromatic heterocycles. The second-order valence-corrected chi connectivity index (χ2v) is 12.4. The normalized spacial score (nSPS) is 18.4. The first kappa shape index (κ1) is 30.6. The largest absolute Gasteiger partial charge is 0.369 e. The molecule has 0 amide bonds. The maximum absolute atomic E-state index is 10.1. The van der Waals surface area contributed by atoms with Crippen LogP contribution >= 0.6 is 0 Å². The van der Waals surface area contributed by atoms with Crippen LogP contribution in [0.4, 0.5) is 0 Å². The number of nitrogens with one attached hydrogen (secondary N) is 2. The van der Waals surface area contributed by atoms with Gasteiger partial charge in [-0.15, -0.1) is 10.2 Å². The molecule has 0 spiro atoms. The lowest BCUT2D eigenvalue weighted by Crippen LogP contribution is -2.25. The molecular formula is C32H38N14O. The van der Waals surface area contributed by atoms with E-state index in [9.17, 15) is 5.11 Å². The quantitative estimate of drug-likeness (QED) is 0.0923. The van der Waals surface area contributed by atoms with E-state index in [1.807, 2.05) is 23.2 Å². The van der Waals surface area contributed by atoms with Crippen molar-refractivity contribution in [3.63, 3.8) is 0 Å². The molecule has 15 nitrogen and oxygen atoms in total. The summed E-state index contributed by atoms with van der Waals surface area (Å²) in [7, 11) is 2.14. The van der Waals surface area contributed by atoms with Crippen LogP contribution in [0.5, 0.6) is 0 Å². The van der Waals surface area contributed by atoms with Gasteiger partial charge in [-0.2, -0.15) is 10.5 Å². The van der Waals surface area contributed by atoms with Crippen LogP contribution in [0.25, 0.3) is 34.2 Å². The van der Waals surface area contributed by atoms with Crippen molar-refractivity contribution in [1.29, 1.82) is 5.26 Å². The third-order valence-corrected chi connectivity index (χ3v) is 9.00. The van der Waals surface area contributed by atoms with Crippen LogP contribution in [-0.4, -0.2) is 104 Å². The number of nitriles is 1. The topological polar surface area (TPSA) is 178 Å². The molecule has 1 aliphatic carbocycles. The van der Waals surface area contributed by atoms with Crippen LogP contribution in [0.3, 0.4) is 0 Å². The van der Waals surface area contributed by atoms with Gasteiger partial charge in [0.05, 0.1) is 24.0 Å². The van der Waals surface area contributed by atoms with Crippen molar-refractivity contribution < 1.29 is 5.11 Å². The van der Waals surface area contributed by atoms with E-state index in [0.717, 1.165) is 61.8 Å². The van der Waals surface area contributed by atoms with Gasteiger partial charge in [0.1, 0.15) is 11.4 Å². The third-order valence-electron chi connectivity index (χ3n) is 9.00. The molecule has 1 saturated carbocycles. The first-order chi connectivity index (χ1) is 23.0. The van der Waals surface area contributed by atoms with Crippen molar-refractivity contribution in [2.75, 3.05) is 39.8 Å². The molecule has 0 aromatic carbocycles. The van der Waals surface area contributed by atoms with E-state index in [-0.39, 0.29) is 0 Å². The predicted octanol–water partition coefficient (Wildman–Crippen LogP) is 2.28. The molecule has 1 aliphatic heterocycles. The molecule has 242 valence electrons. The van der Waals surface area contributed by atoms with Crippen molar-refractivity contribution >= 4 is 0 Å². The van der Waals surface area contributed by atoms with Gasteiger partial charge in [0.15, 0.2) is 12.4 Å². The third kappa shape index (κ3) is 7.35. The summed E-state index contributed by atoms with van der Waals surface area (Å²) in [5.74, 6) is 1.40. The van der Waals surface area contributed by atoms with Gasteiger partial charge in [-0.05, 0) is 74.8 Å². The molecule has 3 unspecified atom stereocenters. The smallest absolute Gasteiger partial charge is 0.204 e. The van der Waals surface area contributed by atoms with Gasteiger partial charge < -0.3 is 24.0 Å². The highest BCUT2D eigenvalue weighted by atomic mass is 16.3. The average molecular weight is 635 g/mol. The monoisotopic (exact) mass is 634 g/mol. The first-order valence-corrected chi connectivity index (χ1v) is 16.0. The Morgan fingerprint density at radius 3 is 2.57 bits per heavy atom. The number of aliphatic hydroxyl groups excluding tert-OH is 1. The summed E-state index contributed by atoms with van der Waals surface area (Å²) in [6.07, 6.45) is 13.7. The van der Waals surface area contributed by atoms with E-state index in [4.69, 9.17) is 15.2 Å². The Morgan fingerprint density at radius 1 is 1.02 bits per heavy atom. The van der Waals surface area contributed by atoms with E-state index >= 15 is 0 Å². The number of likely N-dealkylation sites (tertiary alicyclic amines) is 1. The zero-order valence-corrected chi connectivity index (χ0v) is 26.3. The highest BCUT2D eigenvalue weighted by molar-refractivity contribution is 5.65. The first-order valence-electron chi connectivity index (χ1n) is 16.0. The maximum Gasteiger partial charge on any atom is 0.204 e. The summed E-state index contributed by atoms with van der Waals surface area (Å²) in [6, 6.07) is 7.49. The summed E-state index contributed by atoms with van der Waals surface area (Å²) in [4.78, 5) is 23.5. The van der Waals surface area contributed by atoms with Crippen LogP contribution in [0, 0.1) is 17.4 Å². The number of aliphatic hydroxyl groups is 1. The number of likely N-dealkylation sites (N-methyl/N-ethyl adjacent to an activating group) is 1. The lowest BCUT2D eigenvalue weighted by molar-refractivity contribution is 0.159. The van der Waals surface area contributed by atoms with Crippen LogP contribution in [0.2, 0.25) is 0 Å². The molecule has 47 heavy (non-hydrogen) atoms. The second-order valence-electron chi connectivity index (χ2n) is 12.4. The van der Waals surface area contributed by atoms with Crippen LogP contribution in [0.1, 0.15) is 42.7 Å². The van der Waals surface area contributed by atoms with E-state index in [1.54, 1.807) is 30.9 Å². The Balaban J connectivity index is 0.971. The molecule has 15 heteroatoms. The minimum Gasteiger partial charge on any atom is -0.369 e. The lowest BCUT2D eigenvalue weighted by Gasteiger charge is -2.17. The number of nitrogens with zero attached hydrogens (tertiary/aromatic N) is 12. The Morgan fingerprint density at radius 2 is 1.81 bits per heavy atom. The number of rotatable bonds is 14. The molecule has 3 atom stereocenters.